The fourth-order valence-corrected chi connectivity index (χ4v) is 1.78. The number of anilines is 1. The summed E-state index contributed by atoms with van der Waals surface area (Å²) in [4.78, 5) is 0. The summed E-state index contributed by atoms with van der Waals surface area (Å²) in [5.41, 5.74) is 8.32. The Morgan fingerprint density at radius 1 is 1.00 bits per heavy atom. The average Bonchev–Trinajstić information content (AvgIpc) is 2.39. The van der Waals surface area contributed by atoms with Crippen LogP contribution in [-0.4, -0.2) is 6.54 Å². The minimum absolute atomic E-state index is 0.155. The lowest BCUT2D eigenvalue weighted by Gasteiger charge is -2.06. The second-order valence-electron chi connectivity index (χ2n) is 4.26. The third-order valence-electron chi connectivity index (χ3n) is 2.84. The first kappa shape index (κ1) is 12.6. The van der Waals surface area contributed by atoms with Gasteiger partial charge in [0.2, 0.25) is 0 Å². The zero-order valence-electron chi connectivity index (χ0n) is 10.2. The first-order valence-electron chi connectivity index (χ1n) is 6.04. The Hall–Kier alpha value is -1.87. The van der Waals surface area contributed by atoms with Crippen LogP contribution in [0.1, 0.15) is 11.1 Å². The molecule has 18 heavy (non-hydrogen) atoms. The van der Waals surface area contributed by atoms with E-state index in [2.05, 4.69) is 5.32 Å². The Kier molecular flexibility index (Phi) is 4.31. The van der Waals surface area contributed by atoms with Crippen molar-refractivity contribution in [1.29, 1.82) is 0 Å². The van der Waals surface area contributed by atoms with Gasteiger partial charge in [0.25, 0.3) is 0 Å². The fraction of sp³-hybridized carbons (Fsp3) is 0.200. The minimum Gasteiger partial charge on any atom is -0.399 e. The van der Waals surface area contributed by atoms with Gasteiger partial charge in [-0.1, -0.05) is 30.3 Å². The molecule has 0 fully saturated rings. The van der Waals surface area contributed by atoms with Crippen LogP contribution < -0.4 is 11.1 Å². The van der Waals surface area contributed by atoms with Crippen LogP contribution in [0, 0.1) is 5.82 Å². The van der Waals surface area contributed by atoms with Crippen LogP contribution in [0.15, 0.2) is 48.5 Å². The maximum atomic E-state index is 13.3. The van der Waals surface area contributed by atoms with E-state index >= 15 is 0 Å². The molecule has 0 saturated carbocycles. The van der Waals surface area contributed by atoms with Gasteiger partial charge in [-0.25, -0.2) is 4.39 Å². The summed E-state index contributed by atoms with van der Waals surface area (Å²) in [5.74, 6) is -0.155. The molecule has 3 N–H and O–H groups in total. The molecule has 2 nitrogen and oxygen atoms in total. The monoisotopic (exact) mass is 244 g/mol. The molecule has 0 aliphatic rings. The van der Waals surface area contributed by atoms with Crippen LogP contribution in [0.25, 0.3) is 0 Å². The summed E-state index contributed by atoms with van der Waals surface area (Å²) >= 11 is 0. The van der Waals surface area contributed by atoms with Crippen LogP contribution in [0.2, 0.25) is 0 Å². The predicted octanol–water partition coefficient (Wildman–Crippen LogP) is 2.74. The maximum absolute atomic E-state index is 13.3. The van der Waals surface area contributed by atoms with Crippen molar-refractivity contribution >= 4 is 5.69 Å². The number of halogens is 1. The Morgan fingerprint density at radius 3 is 2.44 bits per heavy atom. The Balaban J connectivity index is 1.76. The molecule has 0 atom stereocenters. The molecule has 3 heteroatoms. The van der Waals surface area contributed by atoms with Gasteiger partial charge in [-0.3, -0.25) is 0 Å². The quantitative estimate of drug-likeness (QED) is 0.627. The lowest BCUT2D eigenvalue weighted by molar-refractivity contribution is 0.588. The third kappa shape index (κ3) is 3.57. The number of benzene rings is 2. The van der Waals surface area contributed by atoms with Crippen LogP contribution in [0.4, 0.5) is 10.1 Å². The number of hydrogen-bond donors (Lipinski definition) is 2. The number of rotatable bonds is 5. The normalized spacial score (nSPS) is 10.5. The molecule has 0 aromatic heterocycles. The highest BCUT2D eigenvalue weighted by molar-refractivity contribution is 5.39. The topological polar surface area (TPSA) is 38.0 Å². The van der Waals surface area contributed by atoms with E-state index in [1.54, 1.807) is 12.1 Å². The van der Waals surface area contributed by atoms with Crippen LogP contribution in [0.3, 0.4) is 0 Å². The van der Waals surface area contributed by atoms with E-state index in [4.69, 9.17) is 5.73 Å². The van der Waals surface area contributed by atoms with Crippen molar-refractivity contribution in [2.24, 2.45) is 0 Å². The molecule has 2 aromatic rings. The van der Waals surface area contributed by atoms with Gasteiger partial charge in [-0.15, -0.1) is 0 Å². The van der Waals surface area contributed by atoms with E-state index in [9.17, 15) is 4.39 Å². The van der Waals surface area contributed by atoms with E-state index in [0.717, 1.165) is 18.7 Å². The van der Waals surface area contributed by atoms with Crippen LogP contribution in [-0.2, 0) is 13.0 Å². The molecule has 0 bridgehead atoms. The van der Waals surface area contributed by atoms with Gasteiger partial charge >= 0.3 is 0 Å². The highest BCUT2D eigenvalue weighted by Crippen LogP contribution is 2.07. The van der Waals surface area contributed by atoms with Crippen LogP contribution in [0.5, 0.6) is 0 Å². The summed E-state index contributed by atoms with van der Waals surface area (Å²) in [6, 6.07) is 14.6. The van der Waals surface area contributed by atoms with Gasteiger partial charge in [-0.2, -0.15) is 0 Å². The molecular formula is C15H17FN2. The molecule has 0 amide bonds. The van der Waals surface area contributed by atoms with Crippen molar-refractivity contribution in [3.8, 4) is 0 Å². The molecule has 0 aliphatic heterocycles. The molecule has 94 valence electrons. The van der Waals surface area contributed by atoms with Crippen LogP contribution >= 0.6 is 0 Å². The van der Waals surface area contributed by atoms with Gasteiger partial charge in [0.15, 0.2) is 0 Å². The molecule has 0 saturated heterocycles. The van der Waals surface area contributed by atoms with Crippen molar-refractivity contribution in [2.45, 2.75) is 13.0 Å². The standard InChI is InChI=1S/C15H17FN2/c16-15-4-2-1-3-13(15)11-18-10-9-12-5-7-14(17)8-6-12/h1-8,18H,9-11,17H2. The van der Waals surface area contributed by atoms with Gasteiger partial charge in [0.1, 0.15) is 5.82 Å². The van der Waals surface area contributed by atoms with Gasteiger partial charge in [0, 0.05) is 17.8 Å². The number of hydrogen-bond acceptors (Lipinski definition) is 2. The summed E-state index contributed by atoms with van der Waals surface area (Å²) in [7, 11) is 0. The van der Waals surface area contributed by atoms with E-state index in [1.165, 1.54) is 11.6 Å². The smallest absolute Gasteiger partial charge is 0.127 e. The average molecular weight is 244 g/mol. The van der Waals surface area contributed by atoms with Gasteiger partial charge < -0.3 is 11.1 Å². The van der Waals surface area contributed by atoms with E-state index in [-0.39, 0.29) is 5.82 Å². The van der Waals surface area contributed by atoms with Crippen molar-refractivity contribution in [3.05, 3.63) is 65.5 Å². The molecule has 0 aliphatic carbocycles. The molecule has 0 unspecified atom stereocenters. The summed E-state index contributed by atoms with van der Waals surface area (Å²) < 4.78 is 13.3. The second kappa shape index (κ2) is 6.17. The molecule has 2 rings (SSSR count). The minimum atomic E-state index is -0.155. The summed E-state index contributed by atoms with van der Waals surface area (Å²) in [6.07, 6.45) is 0.911. The SMILES string of the molecule is Nc1ccc(CCNCc2ccccc2F)cc1. The zero-order chi connectivity index (χ0) is 12.8. The molecule has 0 heterocycles. The van der Waals surface area contributed by atoms with Crippen molar-refractivity contribution in [1.82, 2.24) is 5.32 Å². The molecule has 0 radical (unpaired) electrons. The van der Waals surface area contributed by atoms with Gasteiger partial charge in [0.05, 0.1) is 0 Å². The van der Waals surface area contributed by atoms with Gasteiger partial charge in [-0.05, 0) is 36.7 Å². The van der Waals surface area contributed by atoms with E-state index < -0.39 is 0 Å². The third-order valence-corrected chi connectivity index (χ3v) is 2.84. The van der Waals surface area contributed by atoms with Crippen molar-refractivity contribution in [3.63, 3.8) is 0 Å². The maximum Gasteiger partial charge on any atom is 0.127 e. The number of nitrogens with one attached hydrogen (secondary N) is 1. The van der Waals surface area contributed by atoms with Crippen molar-refractivity contribution < 1.29 is 4.39 Å². The first-order chi connectivity index (χ1) is 8.75. The Bertz CT molecular complexity index is 494. The van der Waals surface area contributed by atoms with E-state index in [1.807, 2.05) is 30.3 Å². The molecular weight excluding hydrogens is 227 g/mol. The number of nitrogens with two attached hydrogens (primary N) is 1. The van der Waals surface area contributed by atoms with Crippen molar-refractivity contribution in [2.75, 3.05) is 12.3 Å². The molecule has 2 aromatic carbocycles. The Labute approximate surface area is 107 Å². The number of nitrogen functional groups attached to an aromatic ring is 1. The second-order valence-corrected chi connectivity index (χ2v) is 4.26. The zero-order valence-corrected chi connectivity index (χ0v) is 10.2. The summed E-state index contributed by atoms with van der Waals surface area (Å²) in [6.45, 7) is 1.37. The lowest BCUT2D eigenvalue weighted by atomic mass is 10.1. The fourth-order valence-electron chi connectivity index (χ4n) is 1.78. The highest BCUT2D eigenvalue weighted by Gasteiger charge is 1.99. The Morgan fingerprint density at radius 2 is 1.72 bits per heavy atom. The predicted molar refractivity (Wildman–Crippen MR) is 72.7 cm³/mol. The summed E-state index contributed by atoms with van der Waals surface area (Å²) in [5, 5.41) is 3.23. The highest BCUT2D eigenvalue weighted by atomic mass is 19.1. The molecule has 0 spiro atoms. The van der Waals surface area contributed by atoms with E-state index in [0.29, 0.717) is 12.1 Å². The lowest BCUT2D eigenvalue weighted by Crippen LogP contribution is -2.17. The first-order valence-corrected chi connectivity index (χ1v) is 6.04. The largest absolute Gasteiger partial charge is 0.399 e.